The zero-order valence-electron chi connectivity index (χ0n) is 17.7. The van der Waals surface area contributed by atoms with E-state index in [0.717, 1.165) is 22.0 Å². The van der Waals surface area contributed by atoms with Crippen LogP contribution in [0.4, 0.5) is 4.39 Å². The highest BCUT2D eigenvalue weighted by Crippen LogP contribution is 2.25. The number of aryl methyl sites for hydroxylation is 1. The van der Waals surface area contributed by atoms with Gasteiger partial charge in [0, 0.05) is 53.4 Å². The molecule has 0 aliphatic carbocycles. The molecule has 1 amide bonds. The lowest BCUT2D eigenvalue weighted by molar-refractivity contribution is 0.0945. The number of nitrogens with zero attached hydrogens (tertiary/aromatic N) is 3. The number of carbonyl (C=O) groups excluding carboxylic acids is 1. The van der Waals surface area contributed by atoms with Crippen LogP contribution in [0.3, 0.4) is 0 Å². The number of H-pyrrole nitrogens is 1. The lowest BCUT2D eigenvalue weighted by Gasteiger charge is -2.08. The highest BCUT2D eigenvalue weighted by Gasteiger charge is 2.13. The van der Waals surface area contributed by atoms with Gasteiger partial charge in [0.05, 0.1) is 10.5 Å². The average molecular weight is 460 g/mol. The molecule has 0 saturated carbocycles. The fraction of sp³-hybridized carbons (Fsp3) is 0.120. The molecule has 0 aliphatic heterocycles. The van der Waals surface area contributed by atoms with Crippen LogP contribution in [0.2, 0.25) is 5.02 Å². The molecule has 0 atom stereocenters. The Morgan fingerprint density at radius 3 is 2.91 bits per heavy atom. The summed E-state index contributed by atoms with van der Waals surface area (Å²) in [6, 6.07) is 12.6. The van der Waals surface area contributed by atoms with Gasteiger partial charge in [-0.2, -0.15) is 0 Å². The minimum atomic E-state index is -0.425. The van der Waals surface area contributed by atoms with Crippen molar-refractivity contribution in [1.82, 2.24) is 25.3 Å². The number of amides is 1. The summed E-state index contributed by atoms with van der Waals surface area (Å²) in [4.78, 5) is 28.7. The largest absolute Gasteiger partial charge is 0.360 e. The van der Waals surface area contributed by atoms with E-state index >= 15 is 0 Å². The SMILES string of the molecule is Cc1cnc2ccc(Cc3nccc(C(=O)NCc4cc5c(Cl)c[nH]c5cc4F)n3)cc2c1. The van der Waals surface area contributed by atoms with Crippen LogP contribution in [-0.2, 0) is 13.0 Å². The van der Waals surface area contributed by atoms with Crippen molar-refractivity contribution in [2.75, 3.05) is 0 Å². The van der Waals surface area contributed by atoms with Gasteiger partial charge < -0.3 is 10.3 Å². The topological polar surface area (TPSA) is 83.6 Å². The number of aromatic nitrogens is 4. The van der Waals surface area contributed by atoms with Gasteiger partial charge in [0.2, 0.25) is 0 Å². The number of rotatable bonds is 5. The molecule has 3 aromatic heterocycles. The lowest BCUT2D eigenvalue weighted by atomic mass is 10.1. The van der Waals surface area contributed by atoms with Gasteiger partial charge in [-0.3, -0.25) is 9.78 Å². The summed E-state index contributed by atoms with van der Waals surface area (Å²) in [5.74, 6) is -0.309. The van der Waals surface area contributed by atoms with E-state index in [1.165, 1.54) is 12.1 Å². The second-order valence-electron chi connectivity index (χ2n) is 7.88. The number of aromatic amines is 1. The quantitative estimate of drug-likeness (QED) is 0.381. The molecule has 0 aliphatic rings. The Labute approximate surface area is 193 Å². The van der Waals surface area contributed by atoms with E-state index in [4.69, 9.17) is 11.6 Å². The molecule has 0 radical (unpaired) electrons. The minimum Gasteiger partial charge on any atom is -0.360 e. The van der Waals surface area contributed by atoms with Crippen LogP contribution in [0.5, 0.6) is 0 Å². The number of hydrogen-bond donors (Lipinski definition) is 2. The Bertz CT molecular complexity index is 1510. The second kappa shape index (κ2) is 8.60. The van der Waals surface area contributed by atoms with E-state index in [2.05, 4.69) is 37.4 Å². The molecule has 3 heterocycles. The highest BCUT2D eigenvalue weighted by molar-refractivity contribution is 6.35. The summed E-state index contributed by atoms with van der Waals surface area (Å²) >= 11 is 6.12. The van der Waals surface area contributed by atoms with Crippen molar-refractivity contribution in [3.63, 3.8) is 0 Å². The summed E-state index contributed by atoms with van der Waals surface area (Å²) in [5, 5.41) is 4.97. The van der Waals surface area contributed by atoms with E-state index in [1.54, 1.807) is 18.5 Å². The number of fused-ring (bicyclic) bond motifs is 2. The molecule has 0 spiro atoms. The fourth-order valence-electron chi connectivity index (χ4n) is 3.75. The molecular formula is C25H19ClFN5O. The molecule has 0 unspecified atom stereocenters. The van der Waals surface area contributed by atoms with Crippen molar-refractivity contribution in [3.8, 4) is 0 Å². The molecule has 0 bridgehead atoms. The first kappa shape index (κ1) is 21.0. The van der Waals surface area contributed by atoms with Crippen LogP contribution >= 0.6 is 11.6 Å². The Hall–Kier alpha value is -3.84. The highest BCUT2D eigenvalue weighted by atomic mass is 35.5. The molecule has 2 aromatic carbocycles. The van der Waals surface area contributed by atoms with E-state index in [-0.39, 0.29) is 12.2 Å². The van der Waals surface area contributed by atoms with Crippen molar-refractivity contribution in [2.45, 2.75) is 19.9 Å². The molecule has 6 nitrogen and oxygen atoms in total. The Morgan fingerprint density at radius 1 is 1.15 bits per heavy atom. The van der Waals surface area contributed by atoms with Gasteiger partial charge in [0.15, 0.2) is 0 Å². The number of benzene rings is 2. The van der Waals surface area contributed by atoms with E-state index in [1.807, 2.05) is 25.3 Å². The molecule has 164 valence electrons. The third kappa shape index (κ3) is 4.40. The maximum absolute atomic E-state index is 14.4. The predicted octanol–water partition coefficient (Wildman–Crippen LogP) is 5.13. The van der Waals surface area contributed by atoms with Gasteiger partial charge >= 0.3 is 0 Å². The fourth-order valence-corrected chi connectivity index (χ4v) is 3.96. The number of hydrogen-bond acceptors (Lipinski definition) is 4. The maximum Gasteiger partial charge on any atom is 0.270 e. The summed E-state index contributed by atoms with van der Waals surface area (Å²) in [7, 11) is 0. The monoisotopic (exact) mass is 459 g/mol. The predicted molar refractivity (Wildman–Crippen MR) is 126 cm³/mol. The van der Waals surface area contributed by atoms with Gasteiger partial charge in [-0.15, -0.1) is 0 Å². The first-order valence-corrected chi connectivity index (χ1v) is 10.7. The average Bonchev–Trinajstić information content (AvgIpc) is 3.16. The first-order chi connectivity index (χ1) is 16.0. The van der Waals surface area contributed by atoms with Crippen molar-refractivity contribution in [2.24, 2.45) is 0 Å². The Morgan fingerprint density at radius 2 is 2.03 bits per heavy atom. The zero-order valence-corrected chi connectivity index (χ0v) is 18.4. The third-order valence-electron chi connectivity index (χ3n) is 5.42. The number of nitrogens with one attached hydrogen (secondary N) is 2. The molecule has 5 aromatic rings. The normalized spacial score (nSPS) is 11.2. The number of halogens is 2. The molecule has 0 saturated heterocycles. The standard InChI is InChI=1S/C25H19ClFN5O/c1-14-6-16-7-15(2-3-21(16)29-11-14)8-24-28-5-4-22(32-24)25(33)31-12-17-9-18-19(26)13-30-23(18)10-20(17)27/h2-7,9-11,13,30H,8,12H2,1H3,(H,31,33). The number of carbonyl (C=O) groups is 1. The van der Waals surface area contributed by atoms with Crippen LogP contribution in [0.25, 0.3) is 21.8 Å². The molecule has 5 rings (SSSR count). The molecule has 33 heavy (non-hydrogen) atoms. The Balaban J connectivity index is 1.31. The molecule has 2 N–H and O–H groups in total. The maximum atomic E-state index is 14.4. The van der Waals surface area contributed by atoms with Gasteiger partial charge in [-0.25, -0.2) is 14.4 Å². The lowest BCUT2D eigenvalue weighted by Crippen LogP contribution is -2.24. The van der Waals surface area contributed by atoms with Crippen LogP contribution in [0.1, 0.15) is 33.0 Å². The Kier molecular flexibility index (Phi) is 5.48. The first-order valence-electron chi connectivity index (χ1n) is 10.4. The van der Waals surface area contributed by atoms with Crippen molar-refractivity contribution in [1.29, 1.82) is 0 Å². The van der Waals surface area contributed by atoms with Gasteiger partial charge in [-0.05, 0) is 54.4 Å². The van der Waals surface area contributed by atoms with Gasteiger partial charge in [0.1, 0.15) is 17.3 Å². The summed E-state index contributed by atoms with van der Waals surface area (Å²) < 4.78 is 14.4. The molecular weight excluding hydrogens is 441 g/mol. The van der Waals surface area contributed by atoms with Crippen molar-refractivity contribution < 1.29 is 9.18 Å². The van der Waals surface area contributed by atoms with Crippen molar-refractivity contribution in [3.05, 3.63) is 100 Å². The van der Waals surface area contributed by atoms with Crippen LogP contribution in [0.15, 0.2) is 61.1 Å². The minimum absolute atomic E-state index is 0.0124. The van der Waals surface area contributed by atoms with E-state index < -0.39 is 11.7 Å². The van der Waals surface area contributed by atoms with Gasteiger partial charge in [0.25, 0.3) is 5.91 Å². The summed E-state index contributed by atoms with van der Waals surface area (Å²) in [6.07, 6.45) is 5.46. The smallest absolute Gasteiger partial charge is 0.270 e. The molecule has 8 heteroatoms. The summed E-state index contributed by atoms with van der Waals surface area (Å²) in [5.41, 5.74) is 4.19. The number of pyridine rings is 1. The summed E-state index contributed by atoms with van der Waals surface area (Å²) in [6.45, 7) is 2.01. The molecule has 0 fully saturated rings. The van der Waals surface area contributed by atoms with E-state index in [9.17, 15) is 9.18 Å². The van der Waals surface area contributed by atoms with E-state index in [0.29, 0.717) is 33.7 Å². The van der Waals surface area contributed by atoms with Crippen molar-refractivity contribution >= 4 is 39.3 Å². The van der Waals surface area contributed by atoms with Crippen LogP contribution < -0.4 is 5.32 Å². The van der Waals surface area contributed by atoms with Gasteiger partial charge in [-0.1, -0.05) is 17.7 Å². The van der Waals surface area contributed by atoms with Crippen LogP contribution in [-0.4, -0.2) is 25.8 Å². The third-order valence-corrected chi connectivity index (χ3v) is 5.73. The zero-order chi connectivity index (χ0) is 22.9. The van der Waals surface area contributed by atoms with Crippen LogP contribution in [0, 0.1) is 12.7 Å². The second-order valence-corrected chi connectivity index (χ2v) is 8.29.